The Morgan fingerprint density at radius 3 is 2.53 bits per heavy atom. The lowest BCUT2D eigenvalue weighted by atomic mass is 9.93. The van der Waals surface area contributed by atoms with Crippen LogP contribution in [0.4, 0.5) is 10.2 Å². The third-order valence-corrected chi connectivity index (χ3v) is 9.27. The molecular weight excluding hydrogens is 651 g/mol. The lowest BCUT2D eigenvalue weighted by Crippen LogP contribution is -2.36. The molecule has 0 radical (unpaired) electrons. The van der Waals surface area contributed by atoms with Crippen molar-refractivity contribution in [2.75, 3.05) is 59.4 Å². The van der Waals surface area contributed by atoms with Crippen molar-refractivity contribution in [2.24, 2.45) is 0 Å². The van der Waals surface area contributed by atoms with Crippen LogP contribution in [0, 0.1) is 5.82 Å². The van der Waals surface area contributed by atoms with Crippen LogP contribution in [0.3, 0.4) is 0 Å². The number of aromatic amines is 1. The predicted molar refractivity (Wildman–Crippen MR) is 194 cm³/mol. The highest BCUT2D eigenvalue weighted by Crippen LogP contribution is 2.40. The summed E-state index contributed by atoms with van der Waals surface area (Å²) in [7, 11) is 6.94. The summed E-state index contributed by atoms with van der Waals surface area (Å²) >= 11 is 0. The van der Waals surface area contributed by atoms with Gasteiger partial charge in [0.2, 0.25) is 5.91 Å². The second-order valence-electron chi connectivity index (χ2n) is 12.6. The highest BCUT2D eigenvalue weighted by atomic mass is 19.1. The summed E-state index contributed by atoms with van der Waals surface area (Å²) in [6.07, 6.45) is 9.45. The molecule has 0 bridgehead atoms. The number of aryl methyl sites for hydroxylation is 1. The van der Waals surface area contributed by atoms with Gasteiger partial charge in [-0.3, -0.25) is 14.3 Å². The summed E-state index contributed by atoms with van der Waals surface area (Å²) in [4.78, 5) is 39.9. The lowest BCUT2D eigenvalue weighted by Gasteiger charge is -2.28. The summed E-state index contributed by atoms with van der Waals surface area (Å²) < 4.78 is 29.4. The number of para-hydroxylation sites is 1. The number of methoxy groups -OCH3 is 2. The Kier molecular flexibility index (Phi) is 10.9. The second-order valence-corrected chi connectivity index (χ2v) is 12.6. The van der Waals surface area contributed by atoms with Gasteiger partial charge in [-0.15, -0.1) is 5.10 Å². The van der Waals surface area contributed by atoms with Crippen LogP contribution < -0.4 is 14.4 Å². The first kappa shape index (κ1) is 35.1. The molecule has 0 saturated heterocycles. The van der Waals surface area contributed by atoms with Gasteiger partial charge in [0.1, 0.15) is 11.4 Å². The van der Waals surface area contributed by atoms with E-state index in [9.17, 15) is 9.59 Å². The summed E-state index contributed by atoms with van der Waals surface area (Å²) in [6, 6.07) is 14.8. The number of fused-ring (bicyclic) bond motifs is 1. The summed E-state index contributed by atoms with van der Waals surface area (Å²) in [5, 5.41) is 8.31. The van der Waals surface area contributed by atoms with Crippen molar-refractivity contribution in [3.63, 3.8) is 0 Å². The van der Waals surface area contributed by atoms with Gasteiger partial charge >= 0.3 is 0 Å². The highest BCUT2D eigenvalue weighted by molar-refractivity contribution is 6.05. The number of hydrogen-bond acceptors (Lipinski definition) is 8. The topological polar surface area (TPSA) is 122 Å². The van der Waals surface area contributed by atoms with Crippen molar-refractivity contribution in [1.29, 1.82) is 0 Å². The van der Waals surface area contributed by atoms with E-state index in [1.54, 1.807) is 60.4 Å². The molecule has 0 spiro atoms. The van der Waals surface area contributed by atoms with E-state index in [2.05, 4.69) is 20.3 Å². The highest BCUT2D eigenvalue weighted by Gasteiger charge is 2.26. The number of halogens is 1. The molecule has 266 valence electrons. The maximum Gasteiger partial charge on any atom is 0.270 e. The van der Waals surface area contributed by atoms with Gasteiger partial charge in [-0.25, -0.2) is 9.37 Å². The summed E-state index contributed by atoms with van der Waals surface area (Å²) in [5.74, 6) is 1.35. The van der Waals surface area contributed by atoms with E-state index >= 15 is 4.39 Å². The fraction of sp³-hybridized carbons (Fsp3) is 0.342. The minimum absolute atomic E-state index is 0.0403. The van der Waals surface area contributed by atoms with E-state index in [1.165, 1.54) is 0 Å². The Morgan fingerprint density at radius 2 is 1.75 bits per heavy atom. The summed E-state index contributed by atoms with van der Waals surface area (Å²) in [6.45, 7) is 2.48. The molecule has 2 aromatic carbocycles. The van der Waals surface area contributed by atoms with Crippen molar-refractivity contribution < 1.29 is 23.5 Å². The van der Waals surface area contributed by atoms with Crippen molar-refractivity contribution >= 4 is 34.1 Å². The van der Waals surface area contributed by atoms with Gasteiger partial charge in [-0.05, 0) is 60.7 Å². The van der Waals surface area contributed by atoms with Crippen LogP contribution in [-0.2, 0) is 11.3 Å². The van der Waals surface area contributed by atoms with Crippen LogP contribution in [0.2, 0.25) is 0 Å². The molecule has 0 saturated carbocycles. The van der Waals surface area contributed by atoms with Crippen LogP contribution in [0.15, 0.2) is 73.2 Å². The van der Waals surface area contributed by atoms with Crippen molar-refractivity contribution in [2.45, 2.75) is 32.2 Å². The average molecular weight is 695 g/mol. The van der Waals surface area contributed by atoms with Gasteiger partial charge in [0.15, 0.2) is 17.4 Å². The number of amides is 2. The van der Waals surface area contributed by atoms with Crippen LogP contribution in [0.5, 0.6) is 11.5 Å². The molecule has 12 nitrogen and oxygen atoms in total. The number of benzene rings is 2. The fourth-order valence-electron chi connectivity index (χ4n) is 6.51. The van der Waals surface area contributed by atoms with Crippen LogP contribution in [0.25, 0.3) is 27.6 Å². The van der Waals surface area contributed by atoms with Gasteiger partial charge in [-0.2, -0.15) is 0 Å². The maximum atomic E-state index is 16.6. The van der Waals surface area contributed by atoms with Gasteiger partial charge in [0.25, 0.3) is 5.91 Å². The van der Waals surface area contributed by atoms with Crippen LogP contribution >= 0.6 is 0 Å². The molecular formula is C38H43FN8O4. The smallest absolute Gasteiger partial charge is 0.270 e. The van der Waals surface area contributed by atoms with Crippen molar-refractivity contribution in [1.82, 2.24) is 34.8 Å². The van der Waals surface area contributed by atoms with E-state index in [-0.39, 0.29) is 36.0 Å². The normalized spacial score (nSPS) is 12.9. The molecule has 1 aliphatic heterocycles. The Labute approximate surface area is 296 Å². The molecule has 2 amide bonds. The number of H-pyrrole nitrogens is 1. The van der Waals surface area contributed by atoms with E-state index in [1.807, 2.05) is 60.5 Å². The Morgan fingerprint density at radius 1 is 0.961 bits per heavy atom. The zero-order valence-electron chi connectivity index (χ0n) is 29.4. The number of nitrogens with one attached hydrogen (secondary N) is 1. The molecule has 0 aliphatic carbocycles. The van der Waals surface area contributed by atoms with Gasteiger partial charge in [0, 0.05) is 75.6 Å². The molecule has 4 heterocycles. The fourth-order valence-corrected chi connectivity index (χ4v) is 6.51. The van der Waals surface area contributed by atoms with Crippen molar-refractivity contribution in [3.05, 3.63) is 90.3 Å². The molecule has 13 heteroatoms. The third kappa shape index (κ3) is 7.72. The van der Waals surface area contributed by atoms with E-state index in [4.69, 9.17) is 9.47 Å². The molecule has 6 rings (SSSR count). The maximum absolute atomic E-state index is 16.6. The molecule has 0 fully saturated rings. The number of pyridine rings is 1. The Balaban J connectivity index is 1.23. The number of anilines is 1. The molecule has 3 aromatic heterocycles. The molecule has 1 aliphatic rings. The largest absolute Gasteiger partial charge is 0.496 e. The second kappa shape index (κ2) is 15.9. The first-order valence-corrected chi connectivity index (χ1v) is 17.0. The minimum Gasteiger partial charge on any atom is -0.496 e. The van der Waals surface area contributed by atoms with Gasteiger partial charge in [0.05, 0.1) is 32.5 Å². The third-order valence-electron chi connectivity index (χ3n) is 9.27. The number of aromatic nitrogens is 5. The minimum atomic E-state index is -0.471. The van der Waals surface area contributed by atoms with Crippen LogP contribution in [-0.4, -0.2) is 101 Å². The van der Waals surface area contributed by atoms with E-state index < -0.39 is 5.82 Å². The van der Waals surface area contributed by atoms with E-state index in [0.717, 1.165) is 36.3 Å². The Bertz CT molecular complexity index is 2030. The molecule has 0 unspecified atom stereocenters. The quantitative estimate of drug-likeness (QED) is 0.148. The monoisotopic (exact) mass is 694 g/mol. The van der Waals surface area contributed by atoms with Gasteiger partial charge in [-0.1, -0.05) is 29.5 Å². The number of carbonyl (C=O) groups excluding carboxylic acids is 2. The standard InChI is InChI=1S/C38H43FN8O4/c1-44(37-33(51-4)14-9-16-40-37)18-7-8-19-45(2)38(49)31-24-30-29(27-12-5-6-13-32(27)50-3)23-28(35(39)36(30)42-31)26-11-10-20-46(25-26)34(48)15-21-47-22-17-41-43-47/h5-6,9,11-14,16-17,22-24,42H,7-8,10,15,18-21,25H2,1-4H3. The number of carbonyl (C=O) groups is 2. The van der Waals surface area contributed by atoms with Crippen LogP contribution in [0.1, 0.15) is 41.7 Å². The zero-order chi connectivity index (χ0) is 35.9. The first-order chi connectivity index (χ1) is 24.8. The average Bonchev–Trinajstić information content (AvgIpc) is 3.87. The number of unbranched alkanes of at least 4 members (excludes halogenated alkanes) is 1. The lowest BCUT2D eigenvalue weighted by molar-refractivity contribution is -0.131. The zero-order valence-corrected chi connectivity index (χ0v) is 29.4. The van der Waals surface area contributed by atoms with E-state index in [0.29, 0.717) is 54.1 Å². The number of rotatable bonds is 14. The molecule has 1 N–H and O–H groups in total. The predicted octanol–water partition coefficient (Wildman–Crippen LogP) is 5.67. The van der Waals surface area contributed by atoms with Crippen molar-refractivity contribution in [3.8, 4) is 22.6 Å². The molecule has 5 aromatic rings. The number of nitrogens with zero attached hydrogens (tertiary/aromatic N) is 7. The Hall–Kier alpha value is -5.72. The SMILES string of the molecule is COc1ccccc1-c1cc(C2=CCCN(C(=O)CCn3ccnn3)C2)c(F)c2[nH]c(C(=O)N(C)CCCCN(C)c3ncccc3OC)cc12. The summed E-state index contributed by atoms with van der Waals surface area (Å²) in [5.41, 5.74) is 3.09. The molecule has 51 heavy (non-hydrogen) atoms. The molecule has 0 atom stereocenters. The number of ether oxygens (including phenoxy) is 2. The van der Waals surface area contributed by atoms with Gasteiger partial charge < -0.3 is 29.2 Å². The first-order valence-electron chi connectivity index (χ1n) is 17.0. The number of hydrogen-bond donors (Lipinski definition) is 1.